The van der Waals surface area contributed by atoms with E-state index in [1.807, 2.05) is 0 Å². The molecule has 0 spiro atoms. The van der Waals surface area contributed by atoms with Gasteiger partial charge < -0.3 is 9.15 Å². The number of hydrogen-bond acceptors (Lipinski definition) is 6. The van der Waals surface area contributed by atoms with Crippen LogP contribution in [0.3, 0.4) is 0 Å². The summed E-state index contributed by atoms with van der Waals surface area (Å²) >= 11 is 6.61. The molecule has 146 valence electrons. The maximum atomic E-state index is 12.1. The van der Waals surface area contributed by atoms with Crippen molar-refractivity contribution >= 4 is 56.0 Å². The molecule has 2 aromatic heterocycles. The molecule has 0 aliphatic rings. The lowest BCUT2D eigenvalue weighted by molar-refractivity contribution is -0.128. The van der Waals surface area contributed by atoms with E-state index in [4.69, 9.17) is 9.15 Å². The molecule has 29 heavy (non-hydrogen) atoms. The van der Waals surface area contributed by atoms with E-state index in [9.17, 15) is 9.59 Å². The number of carbonyl (C=O) groups excluding carboxylic acids is 2. The van der Waals surface area contributed by atoms with Crippen molar-refractivity contribution in [3.05, 3.63) is 87.0 Å². The van der Waals surface area contributed by atoms with Gasteiger partial charge in [-0.3, -0.25) is 9.78 Å². The number of aromatic nitrogens is 1. The van der Waals surface area contributed by atoms with Crippen molar-refractivity contribution in [3.63, 3.8) is 0 Å². The van der Waals surface area contributed by atoms with E-state index in [0.717, 1.165) is 4.47 Å². The molecule has 0 saturated heterocycles. The van der Waals surface area contributed by atoms with Crippen LogP contribution in [-0.4, -0.2) is 23.1 Å². The van der Waals surface area contributed by atoms with Crippen LogP contribution in [0.1, 0.15) is 21.7 Å². The first-order valence-corrected chi connectivity index (χ1v) is 9.77. The van der Waals surface area contributed by atoms with Crippen LogP contribution in [0.25, 0.3) is 6.08 Å². The summed E-state index contributed by atoms with van der Waals surface area (Å²) < 4.78 is 11.9. The molecule has 3 aromatic rings. The minimum Gasteiger partial charge on any atom is -0.465 e. The Kier molecular flexibility index (Phi) is 7.09. The summed E-state index contributed by atoms with van der Waals surface area (Å²) in [5.74, 6) is -0.193. The number of amides is 1. The average Bonchev–Trinajstić information content (AvgIpc) is 3.22. The Morgan fingerprint density at radius 3 is 2.76 bits per heavy atom. The van der Waals surface area contributed by atoms with E-state index in [1.54, 1.807) is 42.6 Å². The summed E-state index contributed by atoms with van der Waals surface area (Å²) in [7, 11) is 0. The predicted molar refractivity (Wildman–Crippen MR) is 115 cm³/mol. The molecule has 0 radical (unpaired) electrons. The molecule has 0 aliphatic heterocycles. The second kappa shape index (κ2) is 9.94. The molecule has 1 amide bonds. The number of pyridine rings is 1. The summed E-state index contributed by atoms with van der Waals surface area (Å²) in [6.45, 7) is 0. The molecule has 3 rings (SSSR count). The van der Waals surface area contributed by atoms with Gasteiger partial charge in [0.25, 0.3) is 5.91 Å². The van der Waals surface area contributed by atoms with E-state index < -0.39 is 11.9 Å². The van der Waals surface area contributed by atoms with E-state index in [-0.39, 0.29) is 5.75 Å². The zero-order valence-corrected chi connectivity index (χ0v) is 17.9. The first kappa shape index (κ1) is 20.7. The van der Waals surface area contributed by atoms with Gasteiger partial charge in [0.1, 0.15) is 11.5 Å². The standard InChI is InChI=1S/C20H13Br2N3O4/c21-15-3-5-18(29-19(26)6-4-17-2-1-7-28-17)13(8-15)11-24-25-20(27)14-9-16(22)12-23-10-14/h1-12H,(H,25,27). The number of rotatable bonds is 6. The van der Waals surface area contributed by atoms with Crippen molar-refractivity contribution in [2.45, 2.75) is 0 Å². The number of nitrogens with zero attached hydrogens (tertiary/aromatic N) is 2. The second-order valence-electron chi connectivity index (χ2n) is 5.54. The summed E-state index contributed by atoms with van der Waals surface area (Å²) in [6, 6.07) is 10.1. The van der Waals surface area contributed by atoms with Gasteiger partial charge in [0.2, 0.25) is 0 Å². The maximum Gasteiger partial charge on any atom is 0.336 e. The Labute approximate surface area is 182 Å². The first-order chi connectivity index (χ1) is 14.0. The molecule has 0 atom stereocenters. The summed E-state index contributed by atoms with van der Waals surface area (Å²) in [4.78, 5) is 28.1. The highest BCUT2D eigenvalue weighted by Crippen LogP contribution is 2.22. The number of ether oxygens (including phenoxy) is 1. The molecule has 0 fully saturated rings. The van der Waals surface area contributed by atoms with Gasteiger partial charge in [0.05, 0.1) is 18.0 Å². The number of nitrogens with one attached hydrogen (secondary N) is 1. The minimum absolute atomic E-state index is 0.282. The fraction of sp³-hybridized carbons (Fsp3) is 0. The highest BCUT2D eigenvalue weighted by atomic mass is 79.9. The van der Waals surface area contributed by atoms with Gasteiger partial charge in [0.15, 0.2) is 0 Å². The summed E-state index contributed by atoms with van der Waals surface area (Å²) in [5, 5.41) is 3.93. The number of carbonyl (C=O) groups is 2. The van der Waals surface area contributed by atoms with Crippen molar-refractivity contribution in [1.29, 1.82) is 0 Å². The molecule has 7 nitrogen and oxygen atoms in total. The van der Waals surface area contributed by atoms with Gasteiger partial charge in [-0.2, -0.15) is 5.10 Å². The molecule has 0 bridgehead atoms. The van der Waals surface area contributed by atoms with Crippen LogP contribution in [0.15, 0.2) is 79.6 Å². The van der Waals surface area contributed by atoms with Crippen molar-refractivity contribution in [1.82, 2.24) is 10.4 Å². The molecule has 9 heteroatoms. The topological polar surface area (TPSA) is 93.8 Å². The largest absolute Gasteiger partial charge is 0.465 e. The number of benzene rings is 1. The van der Waals surface area contributed by atoms with Crippen molar-refractivity contribution in [3.8, 4) is 5.75 Å². The Morgan fingerprint density at radius 2 is 2.00 bits per heavy atom. The van der Waals surface area contributed by atoms with Gasteiger partial charge in [0, 0.05) is 33.0 Å². The maximum absolute atomic E-state index is 12.1. The van der Waals surface area contributed by atoms with E-state index >= 15 is 0 Å². The average molecular weight is 519 g/mol. The Hall–Kier alpha value is -3.04. The van der Waals surface area contributed by atoms with Crippen LogP contribution < -0.4 is 10.2 Å². The van der Waals surface area contributed by atoms with E-state index in [2.05, 4.69) is 47.4 Å². The molecule has 0 saturated carbocycles. The molecular weight excluding hydrogens is 506 g/mol. The monoisotopic (exact) mass is 517 g/mol. The Morgan fingerprint density at radius 1 is 1.14 bits per heavy atom. The van der Waals surface area contributed by atoms with Crippen LogP contribution in [0.5, 0.6) is 5.75 Å². The third kappa shape index (κ3) is 6.23. The first-order valence-electron chi connectivity index (χ1n) is 8.18. The smallest absolute Gasteiger partial charge is 0.336 e. The highest BCUT2D eigenvalue weighted by Gasteiger charge is 2.08. The lowest BCUT2D eigenvalue weighted by atomic mass is 10.2. The van der Waals surface area contributed by atoms with Gasteiger partial charge in [-0.25, -0.2) is 10.2 Å². The third-order valence-electron chi connectivity index (χ3n) is 3.45. The van der Waals surface area contributed by atoms with Crippen molar-refractivity contribution < 1.29 is 18.7 Å². The lowest BCUT2D eigenvalue weighted by Gasteiger charge is -2.06. The van der Waals surface area contributed by atoms with Gasteiger partial charge >= 0.3 is 5.97 Å². The zero-order valence-electron chi connectivity index (χ0n) is 14.7. The summed E-state index contributed by atoms with van der Waals surface area (Å²) in [5.41, 5.74) is 3.25. The van der Waals surface area contributed by atoms with Crippen LogP contribution in [0.4, 0.5) is 0 Å². The third-order valence-corrected chi connectivity index (χ3v) is 4.37. The van der Waals surface area contributed by atoms with Gasteiger partial charge in [-0.1, -0.05) is 15.9 Å². The Bertz CT molecular complexity index is 1080. The highest BCUT2D eigenvalue weighted by molar-refractivity contribution is 9.10. The second-order valence-corrected chi connectivity index (χ2v) is 7.37. The van der Waals surface area contributed by atoms with E-state index in [0.29, 0.717) is 21.4 Å². The summed E-state index contributed by atoms with van der Waals surface area (Å²) in [6.07, 6.45) is 8.64. The van der Waals surface area contributed by atoms with Crippen molar-refractivity contribution in [2.24, 2.45) is 5.10 Å². The number of esters is 1. The zero-order chi connectivity index (χ0) is 20.6. The number of hydrazone groups is 1. The number of halogens is 2. The SMILES string of the molecule is O=C(C=Cc1ccco1)Oc1ccc(Br)cc1C=NNC(=O)c1cncc(Br)c1. The molecular formula is C20H13Br2N3O4. The number of hydrogen-bond donors (Lipinski definition) is 1. The fourth-order valence-electron chi connectivity index (χ4n) is 2.15. The molecule has 1 N–H and O–H groups in total. The number of furan rings is 1. The normalized spacial score (nSPS) is 11.1. The van der Waals surface area contributed by atoms with Gasteiger partial charge in [-0.05, 0) is 58.4 Å². The van der Waals surface area contributed by atoms with E-state index in [1.165, 1.54) is 30.8 Å². The predicted octanol–water partition coefficient (Wildman–Crippen LogP) is 4.58. The lowest BCUT2D eigenvalue weighted by Crippen LogP contribution is -2.18. The molecule has 1 aromatic carbocycles. The molecule has 0 unspecified atom stereocenters. The van der Waals surface area contributed by atoms with Crippen LogP contribution in [0.2, 0.25) is 0 Å². The van der Waals surface area contributed by atoms with Gasteiger partial charge in [-0.15, -0.1) is 0 Å². The Balaban J connectivity index is 1.68. The minimum atomic E-state index is -0.581. The van der Waals surface area contributed by atoms with Crippen LogP contribution >= 0.6 is 31.9 Å². The molecule has 0 aliphatic carbocycles. The molecule has 2 heterocycles. The van der Waals surface area contributed by atoms with Crippen LogP contribution in [-0.2, 0) is 4.79 Å². The quantitative estimate of drug-likeness (QED) is 0.169. The van der Waals surface area contributed by atoms with Crippen molar-refractivity contribution in [2.75, 3.05) is 0 Å². The van der Waals surface area contributed by atoms with Crippen LogP contribution in [0, 0.1) is 0 Å². The fourth-order valence-corrected chi connectivity index (χ4v) is 2.90.